The van der Waals surface area contributed by atoms with Crippen LogP contribution in [0, 0.1) is 0 Å². The van der Waals surface area contributed by atoms with Crippen LogP contribution in [0.1, 0.15) is 25.0 Å². The van der Waals surface area contributed by atoms with Crippen molar-refractivity contribution in [3.05, 3.63) is 145 Å². The second-order valence-electron chi connectivity index (χ2n) is 10.6. The van der Waals surface area contributed by atoms with Crippen LogP contribution >= 0.6 is 0 Å². The number of nitrogens with zero attached hydrogens (tertiary/aromatic N) is 4. The van der Waals surface area contributed by atoms with Crippen LogP contribution in [-0.2, 0) is 5.41 Å². The highest BCUT2D eigenvalue weighted by Gasteiger charge is 2.37. The van der Waals surface area contributed by atoms with E-state index in [0.717, 1.165) is 22.4 Å². The molecule has 1 aliphatic rings. The Morgan fingerprint density at radius 2 is 0.825 bits per heavy atom. The largest absolute Gasteiger partial charge is 0.309 e. The van der Waals surface area contributed by atoms with Gasteiger partial charge in [0.1, 0.15) is 0 Å². The van der Waals surface area contributed by atoms with E-state index in [0.29, 0.717) is 17.5 Å². The third-order valence-electron chi connectivity index (χ3n) is 7.72. The molecular weight excluding hydrogens is 488 g/mol. The molecule has 0 aliphatic carbocycles. The van der Waals surface area contributed by atoms with Crippen molar-refractivity contribution < 1.29 is 0 Å². The molecule has 0 unspecified atom stereocenters. The molecule has 4 heteroatoms. The van der Waals surface area contributed by atoms with E-state index in [1.54, 1.807) is 0 Å². The third-order valence-corrected chi connectivity index (χ3v) is 7.72. The van der Waals surface area contributed by atoms with Crippen LogP contribution in [0.25, 0.3) is 34.2 Å². The van der Waals surface area contributed by atoms with Crippen LogP contribution < -0.4 is 4.90 Å². The van der Waals surface area contributed by atoms with E-state index < -0.39 is 0 Å². The smallest absolute Gasteiger partial charge is 0.166 e. The normalized spacial score (nSPS) is 13.4. The van der Waals surface area contributed by atoms with Gasteiger partial charge in [0.15, 0.2) is 17.5 Å². The van der Waals surface area contributed by atoms with Gasteiger partial charge in [-0.15, -0.1) is 0 Å². The highest BCUT2D eigenvalue weighted by molar-refractivity contribution is 5.91. The molecule has 0 saturated carbocycles. The Morgan fingerprint density at radius 3 is 1.35 bits per heavy atom. The van der Waals surface area contributed by atoms with Gasteiger partial charge in [0, 0.05) is 22.1 Å². The molecule has 1 aliphatic heterocycles. The molecule has 0 spiro atoms. The van der Waals surface area contributed by atoms with Crippen LogP contribution in [0.2, 0.25) is 0 Å². The number of anilines is 3. The standard InChI is InChI=1S/C36H28N4/c1-36(2)28-20-10-13-23-31(28)40(32-24-14-11-21-29(32)36)30-22-12-9-19-27(30)35-38-33(25-15-5-3-6-16-25)37-34(39-35)26-17-7-4-8-18-26/h3-24H,1-2H3. The maximum absolute atomic E-state index is 5.05. The van der Waals surface area contributed by atoms with E-state index in [1.165, 1.54) is 22.5 Å². The van der Waals surface area contributed by atoms with Crippen molar-refractivity contribution in [2.45, 2.75) is 19.3 Å². The maximum atomic E-state index is 5.05. The fourth-order valence-corrected chi connectivity index (χ4v) is 5.72. The first-order chi connectivity index (χ1) is 19.6. The highest BCUT2D eigenvalue weighted by Crippen LogP contribution is 2.52. The lowest BCUT2D eigenvalue weighted by Gasteiger charge is -2.42. The molecule has 5 aromatic carbocycles. The predicted octanol–water partition coefficient (Wildman–Crippen LogP) is 8.98. The highest BCUT2D eigenvalue weighted by atomic mass is 15.2. The minimum Gasteiger partial charge on any atom is -0.309 e. The van der Waals surface area contributed by atoms with E-state index in [2.05, 4.69) is 91.5 Å². The molecular formula is C36H28N4. The zero-order valence-electron chi connectivity index (χ0n) is 22.5. The summed E-state index contributed by atoms with van der Waals surface area (Å²) in [5.41, 5.74) is 8.66. The molecule has 40 heavy (non-hydrogen) atoms. The topological polar surface area (TPSA) is 41.9 Å². The quantitative estimate of drug-likeness (QED) is 0.234. The summed E-state index contributed by atoms with van der Waals surface area (Å²) in [6.45, 7) is 4.61. The van der Waals surface area contributed by atoms with E-state index in [-0.39, 0.29) is 5.41 Å². The number of hydrogen-bond donors (Lipinski definition) is 0. The number of aromatic nitrogens is 3. The summed E-state index contributed by atoms with van der Waals surface area (Å²) >= 11 is 0. The Kier molecular flexibility index (Phi) is 5.75. The van der Waals surface area contributed by atoms with Crippen LogP contribution in [0.3, 0.4) is 0 Å². The summed E-state index contributed by atoms with van der Waals surface area (Å²) in [5.74, 6) is 1.95. The van der Waals surface area contributed by atoms with Crippen molar-refractivity contribution in [3.63, 3.8) is 0 Å². The second kappa shape index (κ2) is 9.58. The third kappa shape index (κ3) is 3.97. The van der Waals surface area contributed by atoms with Crippen LogP contribution in [0.5, 0.6) is 0 Å². The summed E-state index contributed by atoms with van der Waals surface area (Å²) < 4.78 is 0. The van der Waals surface area contributed by atoms with Gasteiger partial charge in [0.25, 0.3) is 0 Å². The molecule has 0 fully saturated rings. The molecule has 0 atom stereocenters. The number of para-hydroxylation sites is 3. The fourth-order valence-electron chi connectivity index (χ4n) is 5.72. The van der Waals surface area contributed by atoms with Gasteiger partial charge < -0.3 is 4.90 Å². The van der Waals surface area contributed by atoms with Gasteiger partial charge in [-0.05, 0) is 35.4 Å². The van der Waals surface area contributed by atoms with Gasteiger partial charge in [0.2, 0.25) is 0 Å². The first-order valence-electron chi connectivity index (χ1n) is 13.6. The molecule has 0 amide bonds. The Balaban J connectivity index is 1.48. The van der Waals surface area contributed by atoms with Gasteiger partial charge >= 0.3 is 0 Å². The van der Waals surface area contributed by atoms with E-state index >= 15 is 0 Å². The number of fused-ring (bicyclic) bond motifs is 2. The minimum atomic E-state index is -0.132. The molecule has 0 N–H and O–H groups in total. The minimum absolute atomic E-state index is 0.132. The van der Waals surface area contributed by atoms with Gasteiger partial charge in [0.05, 0.1) is 17.1 Å². The number of benzene rings is 5. The first kappa shape index (κ1) is 24.0. The van der Waals surface area contributed by atoms with Crippen molar-refractivity contribution in [2.24, 2.45) is 0 Å². The SMILES string of the molecule is CC1(C)c2ccccc2N(c2ccccc2-c2nc(-c3ccccc3)nc(-c3ccccc3)n2)c2ccccc21. The van der Waals surface area contributed by atoms with Gasteiger partial charge in [-0.1, -0.05) is 123 Å². The Hall–Kier alpha value is -5.09. The Labute approximate surface area is 234 Å². The van der Waals surface area contributed by atoms with Crippen molar-refractivity contribution in [2.75, 3.05) is 4.90 Å². The van der Waals surface area contributed by atoms with E-state index in [1.807, 2.05) is 60.7 Å². The zero-order chi connectivity index (χ0) is 27.1. The summed E-state index contributed by atoms with van der Waals surface area (Å²) in [5, 5.41) is 0. The molecule has 192 valence electrons. The van der Waals surface area contributed by atoms with Gasteiger partial charge in [-0.25, -0.2) is 15.0 Å². The lowest BCUT2D eigenvalue weighted by Crippen LogP contribution is -2.30. The molecule has 2 heterocycles. The monoisotopic (exact) mass is 516 g/mol. The van der Waals surface area contributed by atoms with E-state index in [9.17, 15) is 0 Å². The van der Waals surface area contributed by atoms with Crippen LogP contribution in [-0.4, -0.2) is 15.0 Å². The predicted molar refractivity (Wildman–Crippen MR) is 163 cm³/mol. The van der Waals surface area contributed by atoms with E-state index in [4.69, 9.17) is 15.0 Å². The molecule has 0 bridgehead atoms. The lowest BCUT2D eigenvalue weighted by molar-refractivity contribution is 0.632. The van der Waals surface area contributed by atoms with Crippen molar-refractivity contribution >= 4 is 17.1 Å². The fraction of sp³-hybridized carbons (Fsp3) is 0.0833. The van der Waals surface area contributed by atoms with Crippen LogP contribution in [0.4, 0.5) is 17.1 Å². The average molecular weight is 517 g/mol. The molecule has 0 radical (unpaired) electrons. The number of hydrogen-bond acceptors (Lipinski definition) is 4. The Bertz CT molecular complexity index is 1720. The average Bonchev–Trinajstić information content (AvgIpc) is 3.02. The zero-order valence-corrected chi connectivity index (χ0v) is 22.5. The van der Waals surface area contributed by atoms with Crippen LogP contribution in [0.15, 0.2) is 133 Å². The van der Waals surface area contributed by atoms with Crippen molar-refractivity contribution in [1.82, 2.24) is 15.0 Å². The Morgan fingerprint density at radius 1 is 0.425 bits per heavy atom. The number of rotatable bonds is 4. The van der Waals surface area contributed by atoms with Gasteiger partial charge in [-0.3, -0.25) is 0 Å². The van der Waals surface area contributed by atoms with Crippen molar-refractivity contribution in [3.8, 4) is 34.2 Å². The maximum Gasteiger partial charge on any atom is 0.166 e. The molecule has 6 aromatic rings. The summed E-state index contributed by atoms with van der Waals surface area (Å²) in [7, 11) is 0. The molecule has 0 saturated heterocycles. The second-order valence-corrected chi connectivity index (χ2v) is 10.6. The first-order valence-corrected chi connectivity index (χ1v) is 13.6. The summed E-state index contributed by atoms with van der Waals surface area (Å²) in [6.07, 6.45) is 0. The molecule has 4 nitrogen and oxygen atoms in total. The van der Waals surface area contributed by atoms with Crippen molar-refractivity contribution in [1.29, 1.82) is 0 Å². The summed E-state index contributed by atoms with van der Waals surface area (Å²) in [6, 6.07) is 46.0. The van der Waals surface area contributed by atoms with Gasteiger partial charge in [-0.2, -0.15) is 0 Å². The molecule has 1 aromatic heterocycles. The molecule has 7 rings (SSSR count). The lowest BCUT2D eigenvalue weighted by atomic mass is 9.73. The summed E-state index contributed by atoms with van der Waals surface area (Å²) in [4.78, 5) is 17.4.